The zero-order chi connectivity index (χ0) is 19.8. The van der Waals surface area contributed by atoms with Gasteiger partial charge in [-0.2, -0.15) is 10.3 Å². The van der Waals surface area contributed by atoms with Gasteiger partial charge in [-0.1, -0.05) is 48.9 Å². The topological polar surface area (TPSA) is 48.3 Å². The van der Waals surface area contributed by atoms with Crippen LogP contribution in [0.3, 0.4) is 0 Å². The van der Waals surface area contributed by atoms with Crippen LogP contribution < -0.4 is 5.32 Å². The Labute approximate surface area is 167 Å². The summed E-state index contributed by atoms with van der Waals surface area (Å²) in [4.78, 5) is 5.44. The minimum absolute atomic E-state index is 0.534. The zero-order valence-electron chi connectivity index (χ0n) is 16.3. The number of halogens is 1. The Morgan fingerprint density at radius 3 is 2.48 bits per heavy atom. The van der Waals surface area contributed by atoms with Gasteiger partial charge >= 0.3 is 0 Å². The van der Waals surface area contributed by atoms with E-state index < -0.39 is 0 Å². The van der Waals surface area contributed by atoms with Crippen molar-refractivity contribution >= 4 is 22.9 Å². The van der Waals surface area contributed by atoms with Crippen molar-refractivity contribution in [3.63, 3.8) is 0 Å². The van der Waals surface area contributed by atoms with E-state index in [2.05, 4.69) is 30.4 Å². The number of nitrogens with zero attached hydrogens (tertiary/aromatic N) is 2. The summed E-state index contributed by atoms with van der Waals surface area (Å²) in [5.41, 5.74) is 5.09. The molecule has 0 saturated heterocycles. The zero-order valence-corrected chi connectivity index (χ0v) is 17.1. The van der Waals surface area contributed by atoms with Crippen LogP contribution in [0.25, 0.3) is 5.57 Å². The number of hydrogen-bond donors (Lipinski definition) is 1. The molecule has 1 N–H and O–H groups in total. The van der Waals surface area contributed by atoms with Crippen LogP contribution in [0.5, 0.6) is 0 Å². The van der Waals surface area contributed by atoms with Gasteiger partial charge in [0.05, 0.1) is 10.6 Å². The van der Waals surface area contributed by atoms with Crippen LogP contribution in [0.15, 0.2) is 48.2 Å². The third-order valence-electron chi connectivity index (χ3n) is 4.04. The number of anilines is 1. The van der Waals surface area contributed by atoms with E-state index >= 15 is 0 Å². The first kappa shape index (κ1) is 20.8. The minimum atomic E-state index is 0.534. The molecule has 142 valence electrons. The molecule has 0 amide bonds. The molecule has 1 aliphatic carbocycles. The van der Waals surface area contributed by atoms with Crippen molar-refractivity contribution in [1.29, 1.82) is 5.26 Å². The van der Waals surface area contributed by atoms with E-state index in [0.29, 0.717) is 10.6 Å². The fourth-order valence-electron chi connectivity index (χ4n) is 2.55. The van der Waals surface area contributed by atoms with E-state index in [1.807, 2.05) is 45.3 Å². The third-order valence-corrected chi connectivity index (χ3v) is 4.52. The molecule has 0 aromatic heterocycles. The highest BCUT2D eigenvalue weighted by Gasteiger charge is 2.25. The smallest absolute Gasteiger partial charge is 0.133 e. The van der Waals surface area contributed by atoms with Gasteiger partial charge in [-0.3, -0.25) is 0 Å². The number of rotatable bonds is 6. The Balaban J connectivity index is 0.000000194. The molecule has 4 nitrogen and oxygen atoms in total. The van der Waals surface area contributed by atoms with Gasteiger partial charge in [-0.25, -0.2) is 0 Å². The largest absolute Gasteiger partial charge is 0.410 e. The van der Waals surface area contributed by atoms with Crippen molar-refractivity contribution in [3.8, 4) is 6.07 Å². The monoisotopic (exact) mass is 383 g/mol. The summed E-state index contributed by atoms with van der Waals surface area (Å²) < 4.78 is 0. The molecule has 0 radical (unpaired) electrons. The standard InChI is InChI=1S/C11H13ClN2.C11H13NO/c1-3-6-14-10-5-4-9(7-13)11(12)8(10)2;1-12(2)13-11-8-10(11)9-6-4-3-5-7-9/h4-5,14H,3,6H2,1-2H3;3-7H,8H2,1-2H3. The first-order valence-electron chi connectivity index (χ1n) is 9.03. The molecular weight excluding hydrogens is 358 g/mol. The second-order valence-electron chi connectivity index (χ2n) is 6.49. The van der Waals surface area contributed by atoms with Gasteiger partial charge in [0, 0.05) is 38.3 Å². The van der Waals surface area contributed by atoms with E-state index in [0.717, 1.165) is 36.4 Å². The Bertz CT molecular complexity index is 839. The third kappa shape index (κ3) is 6.02. The normalized spacial score (nSPS) is 12.2. The average Bonchev–Trinajstić information content (AvgIpc) is 3.42. The van der Waals surface area contributed by atoms with Gasteiger partial charge in [0.2, 0.25) is 0 Å². The molecular formula is C22H26ClN3O. The van der Waals surface area contributed by atoms with Crippen LogP contribution in [-0.2, 0) is 4.84 Å². The fourth-order valence-corrected chi connectivity index (χ4v) is 2.76. The number of nitrogens with one attached hydrogen (secondary N) is 1. The van der Waals surface area contributed by atoms with Gasteiger partial charge in [0.1, 0.15) is 11.8 Å². The van der Waals surface area contributed by atoms with Crippen LogP contribution in [0, 0.1) is 18.3 Å². The number of benzene rings is 2. The number of hydrogen-bond acceptors (Lipinski definition) is 4. The molecule has 3 rings (SSSR count). The number of nitriles is 1. The van der Waals surface area contributed by atoms with Crippen LogP contribution in [0.4, 0.5) is 5.69 Å². The average molecular weight is 384 g/mol. The van der Waals surface area contributed by atoms with E-state index in [4.69, 9.17) is 21.7 Å². The Kier molecular flexibility index (Phi) is 7.72. The van der Waals surface area contributed by atoms with Crippen LogP contribution in [-0.4, -0.2) is 25.7 Å². The lowest BCUT2D eigenvalue weighted by Gasteiger charge is -2.10. The fraction of sp³-hybridized carbons (Fsp3) is 0.318. The molecule has 0 saturated carbocycles. The Morgan fingerprint density at radius 1 is 1.19 bits per heavy atom. The summed E-state index contributed by atoms with van der Waals surface area (Å²) in [5.74, 6) is 1.09. The van der Waals surface area contributed by atoms with Crippen molar-refractivity contribution in [2.45, 2.75) is 26.7 Å². The van der Waals surface area contributed by atoms with Crippen molar-refractivity contribution in [2.24, 2.45) is 0 Å². The highest BCUT2D eigenvalue weighted by atomic mass is 35.5. The first-order chi connectivity index (χ1) is 13.0. The van der Waals surface area contributed by atoms with E-state index in [9.17, 15) is 0 Å². The van der Waals surface area contributed by atoms with Gasteiger partial charge < -0.3 is 10.2 Å². The van der Waals surface area contributed by atoms with Crippen molar-refractivity contribution in [1.82, 2.24) is 5.06 Å². The Hall–Kier alpha value is -2.48. The quantitative estimate of drug-likeness (QED) is 0.656. The number of allylic oxidation sites excluding steroid dienone is 2. The molecule has 2 aromatic rings. The van der Waals surface area contributed by atoms with E-state index in [1.54, 1.807) is 11.1 Å². The molecule has 0 spiro atoms. The molecule has 5 heteroatoms. The highest BCUT2D eigenvalue weighted by molar-refractivity contribution is 6.32. The molecule has 0 atom stereocenters. The van der Waals surface area contributed by atoms with E-state index in [-0.39, 0.29) is 0 Å². The summed E-state index contributed by atoms with van der Waals surface area (Å²) >= 11 is 6.01. The van der Waals surface area contributed by atoms with Gasteiger partial charge in [0.25, 0.3) is 0 Å². The molecule has 0 heterocycles. The van der Waals surface area contributed by atoms with Crippen molar-refractivity contribution in [2.75, 3.05) is 26.0 Å². The lowest BCUT2D eigenvalue weighted by molar-refractivity contribution is -0.0660. The van der Waals surface area contributed by atoms with Crippen LogP contribution >= 0.6 is 11.6 Å². The summed E-state index contributed by atoms with van der Waals surface area (Å²) in [7, 11) is 3.79. The first-order valence-corrected chi connectivity index (χ1v) is 9.41. The maximum atomic E-state index is 8.75. The minimum Gasteiger partial charge on any atom is -0.410 e. The van der Waals surface area contributed by atoms with Crippen molar-refractivity contribution < 1.29 is 4.84 Å². The molecule has 0 fully saturated rings. The second kappa shape index (κ2) is 10.0. The SMILES string of the molecule is CCCNc1ccc(C#N)c(Cl)c1C.CN(C)OC1=C(c2ccccc2)C1. The van der Waals surface area contributed by atoms with Crippen LogP contribution in [0.2, 0.25) is 5.02 Å². The maximum absolute atomic E-state index is 8.75. The Morgan fingerprint density at radius 2 is 1.89 bits per heavy atom. The van der Waals surface area contributed by atoms with Gasteiger partial charge in [-0.05, 0) is 36.6 Å². The molecule has 2 aromatic carbocycles. The highest BCUT2D eigenvalue weighted by Crippen LogP contribution is 2.40. The lowest BCUT2D eigenvalue weighted by Crippen LogP contribution is -2.08. The second-order valence-corrected chi connectivity index (χ2v) is 6.86. The van der Waals surface area contributed by atoms with Gasteiger partial charge in [0.15, 0.2) is 0 Å². The molecule has 0 bridgehead atoms. The molecule has 0 unspecified atom stereocenters. The van der Waals surface area contributed by atoms with Crippen molar-refractivity contribution in [3.05, 3.63) is 69.9 Å². The number of hydroxylamine groups is 2. The molecule has 0 aliphatic heterocycles. The summed E-state index contributed by atoms with van der Waals surface area (Å²) in [6, 6.07) is 16.1. The maximum Gasteiger partial charge on any atom is 0.133 e. The van der Waals surface area contributed by atoms with Gasteiger partial charge in [-0.15, -0.1) is 0 Å². The predicted molar refractivity (Wildman–Crippen MR) is 112 cm³/mol. The summed E-state index contributed by atoms with van der Waals surface area (Å²) in [5, 5.41) is 14.3. The summed E-state index contributed by atoms with van der Waals surface area (Å²) in [6.07, 6.45) is 2.05. The molecule has 1 aliphatic rings. The molecule has 27 heavy (non-hydrogen) atoms. The van der Waals surface area contributed by atoms with Crippen LogP contribution in [0.1, 0.15) is 36.5 Å². The summed E-state index contributed by atoms with van der Waals surface area (Å²) in [6.45, 7) is 4.94. The van der Waals surface area contributed by atoms with E-state index in [1.165, 1.54) is 11.1 Å². The lowest BCUT2D eigenvalue weighted by atomic mass is 10.1. The predicted octanol–water partition coefficient (Wildman–Crippen LogP) is 5.64.